The molecule has 19 heavy (non-hydrogen) atoms. The molecule has 2 rings (SSSR count). The maximum atomic E-state index is 6.03. The zero-order chi connectivity index (χ0) is 13.7. The molecule has 0 aliphatic heterocycles. The highest BCUT2D eigenvalue weighted by atomic mass is 32.1. The largest absolute Gasteiger partial charge is 0.397 e. The van der Waals surface area contributed by atoms with Crippen LogP contribution in [0.2, 0.25) is 0 Å². The molecule has 0 fully saturated rings. The van der Waals surface area contributed by atoms with Gasteiger partial charge in [0.2, 0.25) is 0 Å². The number of hydrogen-bond acceptors (Lipinski definition) is 5. The lowest BCUT2D eigenvalue weighted by atomic mass is 10.2. The molecule has 2 aromatic rings. The molecule has 0 aliphatic rings. The number of ether oxygens (including phenoxy) is 1. The van der Waals surface area contributed by atoms with E-state index in [0.29, 0.717) is 6.61 Å². The highest BCUT2D eigenvalue weighted by Crippen LogP contribution is 2.29. The fourth-order valence-electron chi connectivity index (χ4n) is 1.86. The number of nitrogens with two attached hydrogens (primary N) is 1. The molecule has 0 spiro atoms. The van der Waals surface area contributed by atoms with Crippen LogP contribution in [-0.2, 0) is 4.74 Å². The van der Waals surface area contributed by atoms with E-state index in [9.17, 15) is 0 Å². The van der Waals surface area contributed by atoms with E-state index in [1.165, 1.54) is 6.42 Å². The van der Waals surface area contributed by atoms with E-state index in [-0.39, 0.29) is 0 Å². The van der Waals surface area contributed by atoms with Crippen LogP contribution in [0.4, 0.5) is 11.4 Å². The van der Waals surface area contributed by atoms with Crippen molar-refractivity contribution in [2.75, 3.05) is 30.8 Å². The number of thiazole rings is 1. The van der Waals surface area contributed by atoms with Crippen molar-refractivity contribution in [3.63, 3.8) is 0 Å². The first-order valence-electron chi connectivity index (χ1n) is 6.69. The fourth-order valence-corrected chi connectivity index (χ4v) is 2.72. The first-order chi connectivity index (χ1) is 9.20. The van der Waals surface area contributed by atoms with Gasteiger partial charge in [-0.3, -0.25) is 0 Å². The van der Waals surface area contributed by atoms with Crippen LogP contribution in [0.3, 0.4) is 0 Å². The number of hydrogen-bond donors (Lipinski definition) is 2. The molecule has 0 saturated heterocycles. The Morgan fingerprint density at radius 2 is 2.21 bits per heavy atom. The molecule has 0 unspecified atom stereocenters. The van der Waals surface area contributed by atoms with Crippen molar-refractivity contribution >= 4 is 32.9 Å². The number of unbranched alkanes of at least 4 members (excludes halogenated alkanes) is 1. The van der Waals surface area contributed by atoms with E-state index in [2.05, 4.69) is 17.2 Å². The van der Waals surface area contributed by atoms with Gasteiger partial charge in [0.05, 0.1) is 33.2 Å². The summed E-state index contributed by atoms with van der Waals surface area (Å²) in [4.78, 5) is 4.48. The Morgan fingerprint density at radius 1 is 1.37 bits per heavy atom. The molecule has 0 aliphatic carbocycles. The van der Waals surface area contributed by atoms with Gasteiger partial charge in [-0.1, -0.05) is 13.3 Å². The second-order valence-electron chi connectivity index (χ2n) is 4.53. The number of benzene rings is 1. The number of aromatic nitrogens is 1. The lowest BCUT2D eigenvalue weighted by Crippen LogP contribution is -2.11. The van der Waals surface area contributed by atoms with Gasteiger partial charge in [-0.2, -0.15) is 0 Å². The van der Waals surface area contributed by atoms with E-state index in [1.54, 1.807) is 11.3 Å². The Morgan fingerprint density at radius 3 is 3.00 bits per heavy atom. The lowest BCUT2D eigenvalue weighted by Gasteiger charge is -2.09. The molecular weight excluding hydrogens is 258 g/mol. The summed E-state index contributed by atoms with van der Waals surface area (Å²) in [6, 6.07) is 4.00. The molecule has 0 radical (unpaired) electrons. The molecule has 0 saturated carbocycles. The number of nitrogens with zero attached hydrogens (tertiary/aromatic N) is 1. The van der Waals surface area contributed by atoms with Crippen molar-refractivity contribution in [1.29, 1.82) is 0 Å². The number of anilines is 2. The summed E-state index contributed by atoms with van der Waals surface area (Å²) in [6.45, 7) is 6.47. The van der Waals surface area contributed by atoms with Gasteiger partial charge in [0, 0.05) is 13.2 Å². The number of fused-ring (bicyclic) bond motifs is 1. The van der Waals surface area contributed by atoms with Gasteiger partial charge in [-0.15, -0.1) is 11.3 Å². The van der Waals surface area contributed by atoms with Crippen LogP contribution in [0, 0.1) is 6.92 Å². The first kappa shape index (κ1) is 14.1. The van der Waals surface area contributed by atoms with E-state index in [0.717, 1.165) is 46.2 Å². The number of rotatable bonds is 7. The normalized spacial score (nSPS) is 11.1. The van der Waals surface area contributed by atoms with E-state index in [1.807, 2.05) is 19.1 Å². The van der Waals surface area contributed by atoms with Crippen molar-refractivity contribution < 1.29 is 4.74 Å². The number of aryl methyl sites for hydroxylation is 1. The van der Waals surface area contributed by atoms with E-state index in [4.69, 9.17) is 10.5 Å². The molecule has 5 heteroatoms. The standard InChI is InChI=1S/C14H21N3OS/c1-3-4-6-18-7-5-16-12-9-13-14(8-11(12)15)19-10(2)17-13/h8-9,16H,3-7,15H2,1-2H3. The Bertz CT molecular complexity index is 539. The SMILES string of the molecule is CCCCOCCNc1cc2nc(C)sc2cc1N. The maximum absolute atomic E-state index is 6.03. The van der Waals surface area contributed by atoms with Gasteiger partial charge in [-0.05, 0) is 25.5 Å². The van der Waals surface area contributed by atoms with Gasteiger partial charge < -0.3 is 15.8 Å². The number of nitrogens with one attached hydrogen (secondary N) is 1. The van der Waals surface area contributed by atoms with Crippen LogP contribution in [0.5, 0.6) is 0 Å². The predicted octanol–water partition coefficient (Wildman–Crippen LogP) is 3.42. The van der Waals surface area contributed by atoms with Gasteiger partial charge in [0.1, 0.15) is 0 Å². The fraction of sp³-hybridized carbons (Fsp3) is 0.500. The third-order valence-electron chi connectivity index (χ3n) is 2.87. The molecule has 1 aromatic carbocycles. The quantitative estimate of drug-likeness (QED) is 0.602. The summed E-state index contributed by atoms with van der Waals surface area (Å²) in [5.74, 6) is 0. The molecule has 104 valence electrons. The first-order valence-corrected chi connectivity index (χ1v) is 7.50. The third kappa shape index (κ3) is 3.81. The monoisotopic (exact) mass is 279 g/mol. The molecule has 0 atom stereocenters. The minimum absolute atomic E-state index is 0.702. The number of nitrogen functional groups attached to an aromatic ring is 1. The Kier molecular flexibility index (Phi) is 4.99. The summed E-state index contributed by atoms with van der Waals surface area (Å²) in [7, 11) is 0. The Labute approximate surface area is 118 Å². The van der Waals surface area contributed by atoms with Gasteiger partial charge in [0.25, 0.3) is 0 Å². The zero-order valence-corrected chi connectivity index (χ0v) is 12.3. The minimum atomic E-state index is 0.702. The van der Waals surface area contributed by atoms with Crippen molar-refractivity contribution in [2.24, 2.45) is 0 Å². The van der Waals surface area contributed by atoms with Crippen LogP contribution in [0.15, 0.2) is 12.1 Å². The topological polar surface area (TPSA) is 60.2 Å². The van der Waals surface area contributed by atoms with Crippen molar-refractivity contribution in [3.8, 4) is 0 Å². The zero-order valence-electron chi connectivity index (χ0n) is 11.5. The van der Waals surface area contributed by atoms with Crippen LogP contribution in [0.1, 0.15) is 24.8 Å². The van der Waals surface area contributed by atoms with Crippen LogP contribution >= 0.6 is 11.3 Å². The molecule has 4 nitrogen and oxygen atoms in total. The van der Waals surface area contributed by atoms with Gasteiger partial charge in [-0.25, -0.2) is 4.98 Å². The molecular formula is C14H21N3OS. The average Bonchev–Trinajstić information content (AvgIpc) is 2.72. The van der Waals surface area contributed by atoms with Gasteiger partial charge in [0.15, 0.2) is 0 Å². The lowest BCUT2D eigenvalue weighted by molar-refractivity contribution is 0.141. The molecule has 1 aromatic heterocycles. The Hall–Kier alpha value is -1.33. The summed E-state index contributed by atoms with van der Waals surface area (Å²) >= 11 is 1.67. The summed E-state index contributed by atoms with van der Waals surface area (Å²) < 4.78 is 6.65. The van der Waals surface area contributed by atoms with Crippen LogP contribution in [0.25, 0.3) is 10.2 Å². The summed E-state index contributed by atoms with van der Waals surface area (Å²) in [6.07, 6.45) is 2.28. The Balaban J connectivity index is 1.91. The second kappa shape index (κ2) is 6.73. The van der Waals surface area contributed by atoms with Crippen molar-refractivity contribution in [3.05, 3.63) is 17.1 Å². The minimum Gasteiger partial charge on any atom is -0.397 e. The van der Waals surface area contributed by atoms with Gasteiger partial charge >= 0.3 is 0 Å². The summed E-state index contributed by atoms with van der Waals surface area (Å²) in [5.41, 5.74) is 8.75. The second-order valence-corrected chi connectivity index (χ2v) is 5.77. The molecule has 0 amide bonds. The third-order valence-corrected chi connectivity index (χ3v) is 3.80. The van der Waals surface area contributed by atoms with E-state index >= 15 is 0 Å². The maximum Gasteiger partial charge on any atom is 0.0907 e. The highest BCUT2D eigenvalue weighted by molar-refractivity contribution is 7.18. The molecule has 3 N–H and O–H groups in total. The van der Waals surface area contributed by atoms with Crippen LogP contribution < -0.4 is 11.1 Å². The van der Waals surface area contributed by atoms with E-state index < -0.39 is 0 Å². The molecule has 1 heterocycles. The average molecular weight is 279 g/mol. The highest BCUT2D eigenvalue weighted by Gasteiger charge is 2.05. The van der Waals surface area contributed by atoms with Crippen molar-refractivity contribution in [2.45, 2.75) is 26.7 Å². The molecule has 0 bridgehead atoms. The smallest absolute Gasteiger partial charge is 0.0907 e. The van der Waals surface area contributed by atoms with Crippen LogP contribution in [-0.4, -0.2) is 24.7 Å². The predicted molar refractivity (Wildman–Crippen MR) is 83.0 cm³/mol. The van der Waals surface area contributed by atoms with Crippen molar-refractivity contribution in [1.82, 2.24) is 4.98 Å². The summed E-state index contributed by atoms with van der Waals surface area (Å²) in [5, 5.41) is 4.37.